The third-order valence-corrected chi connectivity index (χ3v) is 5.67. The van der Waals surface area contributed by atoms with Gasteiger partial charge >= 0.3 is 0 Å². The van der Waals surface area contributed by atoms with Crippen molar-refractivity contribution in [2.45, 2.75) is 18.9 Å². The molecule has 9 nitrogen and oxygen atoms in total. The molecule has 2 aromatic heterocycles. The van der Waals surface area contributed by atoms with Gasteiger partial charge < -0.3 is 30.0 Å². The number of halogens is 2. The van der Waals surface area contributed by atoms with Crippen molar-refractivity contribution in [3.05, 3.63) is 72.2 Å². The number of pyridine rings is 2. The molecule has 0 atom stereocenters. The summed E-state index contributed by atoms with van der Waals surface area (Å²) >= 11 is 0. The molecule has 2 aromatic carbocycles. The Morgan fingerprint density at radius 1 is 1.05 bits per heavy atom. The first-order valence-electron chi connectivity index (χ1n) is 11.9. The highest BCUT2D eigenvalue weighted by Crippen LogP contribution is 2.38. The molecule has 0 radical (unpaired) electrons. The van der Waals surface area contributed by atoms with E-state index in [1.54, 1.807) is 18.2 Å². The van der Waals surface area contributed by atoms with Gasteiger partial charge in [0, 0.05) is 54.4 Å². The topological polar surface area (TPSA) is 118 Å². The van der Waals surface area contributed by atoms with Crippen molar-refractivity contribution < 1.29 is 32.5 Å². The lowest BCUT2D eigenvalue weighted by Gasteiger charge is -2.15. The average molecular weight is 523 g/mol. The van der Waals surface area contributed by atoms with Gasteiger partial charge in [-0.25, -0.2) is 8.78 Å². The SMILES string of the molecule is COc1cc2c(Oc3c(F)cc(NC(=O)c4cnccc4OC4CC4)cc3F)ccnc2cc1OCCN. The second-order valence-corrected chi connectivity index (χ2v) is 8.48. The van der Waals surface area contributed by atoms with E-state index in [9.17, 15) is 4.79 Å². The molecular formula is C27H24F2N4O5. The lowest BCUT2D eigenvalue weighted by Crippen LogP contribution is -2.15. The highest BCUT2D eigenvalue weighted by atomic mass is 19.1. The Morgan fingerprint density at radius 3 is 2.53 bits per heavy atom. The first kappa shape index (κ1) is 25.2. The molecule has 2 heterocycles. The van der Waals surface area contributed by atoms with Crippen molar-refractivity contribution in [3.63, 3.8) is 0 Å². The van der Waals surface area contributed by atoms with Crippen LogP contribution in [-0.4, -0.2) is 42.2 Å². The maximum Gasteiger partial charge on any atom is 0.261 e. The Labute approximate surface area is 216 Å². The van der Waals surface area contributed by atoms with Crippen LogP contribution in [0.15, 0.2) is 55.0 Å². The summed E-state index contributed by atoms with van der Waals surface area (Å²) in [5.74, 6) is -1.97. The highest BCUT2D eigenvalue weighted by molar-refractivity contribution is 6.06. The van der Waals surface area contributed by atoms with Gasteiger partial charge in [-0.1, -0.05) is 0 Å². The molecular weight excluding hydrogens is 498 g/mol. The number of ether oxygens (including phenoxy) is 4. The van der Waals surface area contributed by atoms with Gasteiger partial charge in [0.1, 0.15) is 18.1 Å². The Hall–Kier alpha value is -4.51. The van der Waals surface area contributed by atoms with Crippen molar-refractivity contribution >= 4 is 22.5 Å². The van der Waals surface area contributed by atoms with E-state index in [4.69, 9.17) is 24.7 Å². The molecule has 38 heavy (non-hydrogen) atoms. The molecule has 1 aliphatic carbocycles. The lowest BCUT2D eigenvalue weighted by atomic mass is 10.1. The maximum absolute atomic E-state index is 15.0. The van der Waals surface area contributed by atoms with Gasteiger partial charge in [-0.2, -0.15) is 0 Å². The average Bonchev–Trinajstić information content (AvgIpc) is 3.73. The number of nitrogens with one attached hydrogen (secondary N) is 1. The molecule has 0 spiro atoms. The minimum atomic E-state index is -1.01. The van der Waals surface area contributed by atoms with Crippen LogP contribution in [0.4, 0.5) is 14.5 Å². The number of rotatable bonds is 10. The van der Waals surface area contributed by atoms with E-state index in [-0.39, 0.29) is 29.7 Å². The third-order valence-electron chi connectivity index (χ3n) is 5.67. The monoisotopic (exact) mass is 522 g/mol. The van der Waals surface area contributed by atoms with Crippen LogP contribution >= 0.6 is 0 Å². The van der Waals surface area contributed by atoms with Gasteiger partial charge in [0.15, 0.2) is 28.9 Å². The quantitative estimate of drug-likeness (QED) is 0.304. The molecule has 0 aliphatic heterocycles. The summed E-state index contributed by atoms with van der Waals surface area (Å²) < 4.78 is 52.4. The number of benzene rings is 2. The molecule has 1 amide bonds. The fourth-order valence-corrected chi connectivity index (χ4v) is 3.72. The minimum Gasteiger partial charge on any atom is -0.493 e. The van der Waals surface area contributed by atoms with Crippen LogP contribution in [0.5, 0.6) is 28.7 Å². The van der Waals surface area contributed by atoms with Crippen LogP contribution in [0.3, 0.4) is 0 Å². The fraction of sp³-hybridized carbons (Fsp3) is 0.222. The van der Waals surface area contributed by atoms with Crippen molar-refractivity contribution in [1.29, 1.82) is 0 Å². The normalized spacial score (nSPS) is 12.7. The molecule has 4 aromatic rings. The number of amides is 1. The number of aromatic nitrogens is 2. The Kier molecular flexibility index (Phi) is 7.18. The van der Waals surface area contributed by atoms with Crippen LogP contribution in [0.1, 0.15) is 23.2 Å². The van der Waals surface area contributed by atoms with Gasteiger partial charge in [-0.3, -0.25) is 14.8 Å². The fourth-order valence-electron chi connectivity index (χ4n) is 3.72. The predicted octanol–water partition coefficient (Wildman–Crippen LogP) is 4.84. The number of methoxy groups -OCH3 is 1. The number of fused-ring (bicyclic) bond motifs is 1. The van der Waals surface area contributed by atoms with E-state index in [0.717, 1.165) is 25.0 Å². The molecule has 1 fully saturated rings. The zero-order valence-electron chi connectivity index (χ0n) is 20.4. The summed E-state index contributed by atoms with van der Waals surface area (Å²) in [6.07, 6.45) is 6.16. The number of nitrogens with two attached hydrogens (primary N) is 1. The molecule has 1 saturated carbocycles. The maximum atomic E-state index is 15.0. The van der Waals surface area contributed by atoms with E-state index in [0.29, 0.717) is 34.7 Å². The van der Waals surface area contributed by atoms with Crippen molar-refractivity contribution in [3.8, 4) is 28.7 Å². The lowest BCUT2D eigenvalue weighted by molar-refractivity contribution is 0.102. The van der Waals surface area contributed by atoms with E-state index in [1.807, 2.05) is 0 Å². The summed E-state index contributed by atoms with van der Waals surface area (Å²) in [6.45, 7) is 0.581. The van der Waals surface area contributed by atoms with Crippen molar-refractivity contribution in [2.75, 3.05) is 25.6 Å². The molecule has 196 valence electrons. The number of carbonyl (C=O) groups excluding carboxylic acids is 1. The number of hydrogen-bond acceptors (Lipinski definition) is 8. The number of nitrogens with zero attached hydrogens (tertiary/aromatic N) is 2. The molecule has 5 rings (SSSR count). The van der Waals surface area contributed by atoms with Crippen molar-refractivity contribution in [2.24, 2.45) is 5.73 Å². The smallest absolute Gasteiger partial charge is 0.261 e. The second-order valence-electron chi connectivity index (χ2n) is 8.48. The summed E-state index contributed by atoms with van der Waals surface area (Å²) in [5.41, 5.74) is 6.03. The molecule has 0 bridgehead atoms. The zero-order valence-corrected chi connectivity index (χ0v) is 20.4. The molecule has 11 heteroatoms. The molecule has 0 unspecified atom stereocenters. The highest BCUT2D eigenvalue weighted by Gasteiger charge is 2.26. The van der Waals surface area contributed by atoms with Gasteiger partial charge in [-0.15, -0.1) is 0 Å². The van der Waals surface area contributed by atoms with Crippen LogP contribution in [0, 0.1) is 11.6 Å². The Bertz CT molecular complexity index is 1470. The second kappa shape index (κ2) is 10.9. The van der Waals surface area contributed by atoms with Crippen LogP contribution in [0.2, 0.25) is 0 Å². The van der Waals surface area contributed by atoms with E-state index < -0.39 is 23.3 Å². The first-order valence-corrected chi connectivity index (χ1v) is 11.9. The van der Waals surface area contributed by atoms with Crippen LogP contribution in [0.25, 0.3) is 10.9 Å². The van der Waals surface area contributed by atoms with Gasteiger partial charge in [0.05, 0.1) is 24.3 Å². The predicted molar refractivity (Wildman–Crippen MR) is 135 cm³/mol. The van der Waals surface area contributed by atoms with Gasteiger partial charge in [-0.05, 0) is 31.0 Å². The summed E-state index contributed by atoms with van der Waals surface area (Å²) in [4.78, 5) is 21.0. The number of carbonyl (C=O) groups is 1. The Balaban J connectivity index is 1.39. The van der Waals surface area contributed by atoms with Crippen molar-refractivity contribution in [1.82, 2.24) is 9.97 Å². The Morgan fingerprint density at radius 2 is 1.82 bits per heavy atom. The third kappa shape index (κ3) is 5.42. The number of anilines is 1. The zero-order chi connectivity index (χ0) is 26.6. The first-order chi connectivity index (χ1) is 18.5. The minimum absolute atomic E-state index is 0.0598. The van der Waals surface area contributed by atoms with Gasteiger partial charge in [0.25, 0.3) is 5.91 Å². The standard InChI is InChI=1S/C27H24F2N4O5/c1-35-24-12-17-21(13-25(24)36-9-6-30)32-8-5-22(17)38-26-19(28)10-15(11-20(26)29)33-27(34)18-14-31-7-4-23(18)37-16-2-3-16/h4-5,7-8,10-14,16H,2-3,6,9,30H2,1H3,(H,33,34). The molecule has 3 N–H and O–H groups in total. The van der Waals surface area contributed by atoms with Crippen LogP contribution in [-0.2, 0) is 0 Å². The van der Waals surface area contributed by atoms with Gasteiger partial charge in [0.2, 0.25) is 0 Å². The van der Waals surface area contributed by atoms with Crippen LogP contribution < -0.4 is 30.0 Å². The van der Waals surface area contributed by atoms with E-state index in [1.165, 1.54) is 31.8 Å². The molecule has 1 aliphatic rings. The number of hydrogen-bond donors (Lipinski definition) is 2. The summed E-state index contributed by atoms with van der Waals surface area (Å²) in [6, 6.07) is 8.21. The van der Waals surface area contributed by atoms with E-state index >= 15 is 8.78 Å². The largest absolute Gasteiger partial charge is 0.493 e. The summed E-state index contributed by atoms with van der Waals surface area (Å²) in [7, 11) is 1.46. The van der Waals surface area contributed by atoms with E-state index in [2.05, 4.69) is 15.3 Å². The molecule has 0 saturated heterocycles. The summed E-state index contributed by atoms with van der Waals surface area (Å²) in [5, 5.41) is 2.93.